The van der Waals surface area contributed by atoms with Crippen molar-refractivity contribution in [3.63, 3.8) is 0 Å². The standard InChI is InChI=1S/C10H17N3O2S/c1-8-10(9(2)12-11-8)16(14,15)13-6-4-3-5-7-13/h3-7H2,1-2H3,(H,11,12). The largest absolute Gasteiger partial charge is 0.281 e. The lowest BCUT2D eigenvalue weighted by molar-refractivity contribution is 0.346. The zero-order valence-corrected chi connectivity index (χ0v) is 10.5. The molecule has 1 fully saturated rings. The zero-order chi connectivity index (χ0) is 11.8. The molecule has 90 valence electrons. The maximum Gasteiger partial charge on any atom is 0.246 e. The Kier molecular flexibility index (Phi) is 3.03. The van der Waals surface area contributed by atoms with Gasteiger partial charge in [-0.3, -0.25) is 5.10 Å². The molecule has 1 N–H and O–H groups in total. The molecule has 0 unspecified atom stereocenters. The number of nitrogens with zero attached hydrogens (tertiary/aromatic N) is 2. The molecule has 5 nitrogen and oxygen atoms in total. The summed E-state index contributed by atoms with van der Waals surface area (Å²) in [6, 6.07) is 0. The van der Waals surface area contributed by atoms with Crippen molar-refractivity contribution in [2.45, 2.75) is 38.0 Å². The van der Waals surface area contributed by atoms with Crippen LogP contribution in [0.3, 0.4) is 0 Å². The van der Waals surface area contributed by atoms with Crippen LogP contribution >= 0.6 is 0 Å². The molecule has 2 heterocycles. The number of aromatic amines is 1. The molecule has 0 aliphatic carbocycles. The highest BCUT2D eigenvalue weighted by atomic mass is 32.2. The third-order valence-corrected chi connectivity index (χ3v) is 5.14. The van der Waals surface area contributed by atoms with Crippen LogP contribution in [0.5, 0.6) is 0 Å². The van der Waals surface area contributed by atoms with Gasteiger partial charge in [0.15, 0.2) is 0 Å². The van der Waals surface area contributed by atoms with Crippen LogP contribution in [0.1, 0.15) is 30.7 Å². The van der Waals surface area contributed by atoms with E-state index >= 15 is 0 Å². The van der Waals surface area contributed by atoms with Crippen molar-refractivity contribution >= 4 is 10.0 Å². The Morgan fingerprint density at radius 2 is 1.81 bits per heavy atom. The summed E-state index contributed by atoms with van der Waals surface area (Å²) in [7, 11) is -3.34. The number of rotatable bonds is 2. The van der Waals surface area contributed by atoms with Gasteiger partial charge < -0.3 is 0 Å². The molecule has 0 atom stereocenters. The molecule has 2 rings (SSSR count). The fraction of sp³-hybridized carbons (Fsp3) is 0.700. The summed E-state index contributed by atoms with van der Waals surface area (Å²) in [6.45, 7) is 4.73. The smallest absolute Gasteiger partial charge is 0.246 e. The van der Waals surface area contributed by atoms with Crippen molar-refractivity contribution in [3.05, 3.63) is 11.4 Å². The van der Waals surface area contributed by atoms with E-state index in [1.54, 1.807) is 18.2 Å². The number of H-pyrrole nitrogens is 1. The SMILES string of the molecule is Cc1n[nH]c(C)c1S(=O)(=O)N1CCCCC1. The second-order valence-corrected chi connectivity index (χ2v) is 6.10. The fourth-order valence-electron chi connectivity index (χ4n) is 2.16. The van der Waals surface area contributed by atoms with Gasteiger partial charge in [0, 0.05) is 13.1 Å². The Morgan fingerprint density at radius 1 is 1.19 bits per heavy atom. The van der Waals surface area contributed by atoms with Crippen LogP contribution in [0.15, 0.2) is 4.90 Å². The minimum Gasteiger partial charge on any atom is -0.281 e. The highest BCUT2D eigenvalue weighted by molar-refractivity contribution is 7.89. The third-order valence-electron chi connectivity index (χ3n) is 2.97. The summed E-state index contributed by atoms with van der Waals surface area (Å²) < 4.78 is 26.3. The summed E-state index contributed by atoms with van der Waals surface area (Å²) in [5.41, 5.74) is 1.19. The van der Waals surface area contributed by atoms with Crippen LogP contribution in [-0.2, 0) is 10.0 Å². The first-order chi connectivity index (χ1) is 7.53. The first-order valence-corrected chi connectivity index (χ1v) is 6.99. The normalized spacial score (nSPS) is 18.9. The van der Waals surface area contributed by atoms with E-state index < -0.39 is 10.0 Å². The first-order valence-electron chi connectivity index (χ1n) is 5.55. The van der Waals surface area contributed by atoms with Crippen LogP contribution in [-0.4, -0.2) is 36.0 Å². The maximum atomic E-state index is 12.4. The summed E-state index contributed by atoms with van der Waals surface area (Å²) >= 11 is 0. The molecule has 1 aliphatic rings. The Bertz CT molecular complexity index is 453. The summed E-state index contributed by atoms with van der Waals surface area (Å²) in [5.74, 6) is 0. The Morgan fingerprint density at radius 3 is 2.31 bits per heavy atom. The highest BCUT2D eigenvalue weighted by Crippen LogP contribution is 2.24. The van der Waals surface area contributed by atoms with E-state index in [0.717, 1.165) is 19.3 Å². The zero-order valence-electron chi connectivity index (χ0n) is 9.65. The lowest BCUT2D eigenvalue weighted by Crippen LogP contribution is -2.36. The van der Waals surface area contributed by atoms with Gasteiger partial charge in [-0.15, -0.1) is 0 Å². The second-order valence-electron chi connectivity index (χ2n) is 4.23. The highest BCUT2D eigenvalue weighted by Gasteiger charge is 2.30. The van der Waals surface area contributed by atoms with Crippen LogP contribution in [0.2, 0.25) is 0 Å². The van der Waals surface area contributed by atoms with Gasteiger partial charge >= 0.3 is 0 Å². The van der Waals surface area contributed by atoms with Crippen LogP contribution in [0.25, 0.3) is 0 Å². The van der Waals surface area contributed by atoms with E-state index in [-0.39, 0.29) is 0 Å². The van der Waals surface area contributed by atoms with Gasteiger partial charge in [0.2, 0.25) is 10.0 Å². The van der Waals surface area contributed by atoms with Gasteiger partial charge in [-0.1, -0.05) is 6.42 Å². The van der Waals surface area contributed by atoms with Gasteiger partial charge in [-0.25, -0.2) is 8.42 Å². The number of sulfonamides is 1. The van der Waals surface area contributed by atoms with E-state index in [1.807, 2.05) is 0 Å². The molecular formula is C10H17N3O2S. The van der Waals surface area contributed by atoms with Crippen molar-refractivity contribution in [1.82, 2.24) is 14.5 Å². The second kappa shape index (κ2) is 4.18. The molecule has 0 radical (unpaired) electrons. The Balaban J connectivity index is 2.38. The van der Waals surface area contributed by atoms with Crippen molar-refractivity contribution in [2.75, 3.05) is 13.1 Å². The lowest BCUT2D eigenvalue weighted by Gasteiger charge is -2.25. The fourth-order valence-corrected chi connectivity index (χ4v) is 4.00. The van der Waals surface area contributed by atoms with Crippen LogP contribution in [0.4, 0.5) is 0 Å². The minimum atomic E-state index is -3.34. The van der Waals surface area contributed by atoms with Gasteiger partial charge in [-0.05, 0) is 26.7 Å². The third kappa shape index (κ3) is 1.87. The van der Waals surface area contributed by atoms with Crippen LogP contribution < -0.4 is 0 Å². The van der Waals surface area contributed by atoms with E-state index in [9.17, 15) is 8.42 Å². The molecule has 0 amide bonds. The summed E-state index contributed by atoms with van der Waals surface area (Å²) in [6.07, 6.45) is 3.03. The molecule has 1 saturated heterocycles. The molecule has 0 spiro atoms. The topological polar surface area (TPSA) is 66.1 Å². The molecule has 0 saturated carbocycles. The quantitative estimate of drug-likeness (QED) is 0.848. The van der Waals surface area contributed by atoms with E-state index in [0.29, 0.717) is 29.4 Å². The number of hydrogen-bond acceptors (Lipinski definition) is 3. The van der Waals surface area contributed by atoms with Gasteiger partial charge in [0.25, 0.3) is 0 Å². The van der Waals surface area contributed by atoms with Crippen molar-refractivity contribution < 1.29 is 8.42 Å². The summed E-state index contributed by atoms with van der Waals surface area (Å²) in [4.78, 5) is 0.356. The molecule has 0 aromatic carbocycles. The van der Waals surface area contributed by atoms with Gasteiger partial charge in [-0.2, -0.15) is 9.40 Å². The van der Waals surface area contributed by atoms with Crippen molar-refractivity contribution in [2.24, 2.45) is 0 Å². The number of aryl methyl sites for hydroxylation is 2. The van der Waals surface area contributed by atoms with Crippen LogP contribution in [0, 0.1) is 13.8 Å². The summed E-state index contributed by atoms with van der Waals surface area (Å²) in [5, 5.41) is 6.67. The molecule has 6 heteroatoms. The molecule has 16 heavy (non-hydrogen) atoms. The number of nitrogens with one attached hydrogen (secondary N) is 1. The monoisotopic (exact) mass is 243 g/mol. The lowest BCUT2D eigenvalue weighted by atomic mass is 10.2. The predicted octanol–water partition coefficient (Wildman–Crippen LogP) is 1.20. The first kappa shape index (κ1) is 11.6. The molecule has 1 aromatic heterocycles. The molecule has 1 aliphatic heterocycles. The molecular weight excluding hydrogens is 226 g/mol. The van der Waals surface area contributed by atoms with E-state index in [4.69, 9.17) is 0 Å². The van der Waals surface area contributed by atoms with Gasteiger partial charge in [0.1, 0.15) is 4.90 Å². The average Bonchev–Trinajstić information content (AvgIpc) is 2.60. The Labute approximate surface area is 95.9 Å². The van der Waals surface area contributed by atoms with Crippen molar-refractivity contribution in [3.8, 4) is 0 Å². The molecule has 1 aromatic rings. The number of hydrogen-bond donors (Lipinski definition) is 1. The number of piperidine rings is 1. The average molecular weight is 243 g/mol. The predicted molar refractivity (Wildman–Crippen MR) is 60.7 cm³/mol. The molecule has 0 bridgehead atoms. The van der Waals surface area contributed by atoms with Gasteiger partial charge in [0.05, 0.1) is 11.4 Å². The maximum absolute atomic E-state index is 12.4. The Hall–Kier alpha value is -0.880. The van der Waals surface area contributed by atoms with Crippen molar-refractivity contribution in [1.29, 1.82) is 0 Å². The number of aromatic nitrogens is 2. The van der Waals surface area contributed by atoms with E-state index in [1.165, 1.54) is 0 Å². The minimum absolute atomic E-state index is 0.356. The van der Waals surface area contributed by atoms with E-state index in [2.05, 4.69) is 10.2 Å².